The fraction of sp³-hybridized carbons (Fsp3) is 0.462. The number of aliphatic hydroxyl groups is 1. The van der Waals surface area contributed by atoms with Crippen LogP contribution in [-0.4, -0.2) is 14.9 Å². The zero-order valence-electron chi connectivity index (χ0n) is 9.26. The second kappa shape index (κ2) is 3.91. The van der Waals surface area contributed by atoms with Gasteiger partial charge in [0.1, 0.15) is 0 Å². The highest BCUT2D eigenvalue weighted by Crippen LogP contribution is 2.32. The van der Waals surface area contributed by atoms with Crippen LogP contribution in [-0.2, 0) is 6.61 Å². The first-order valence-corrected chi connectivity index (χ1v) is 5.97. The minimum atomic E-state index is 0.0280. The highest BCUT2D eigenvalue weighted by atomic mass is 16.3. The molecular weight excluding hydrogens is 200 g/mol. The molecule has 1 aromatic carbocycles. The van der Waals surface area contributed by atoms with Gasteiger partial charge < -0.3 is 5.11 Å². The van der Waals surface area contributed by atoms with Crippen molar-refractivity contribution in [2.24, 2.45) is 0 Å². The first-order chi connectivity index (χ1) is 7.90. The van der Waals surface area contributed by atoms with E-state index in [2.05, 4.69) is 15.8 Å². The summed E-state index contributed by atoms with van der Waals surface area (Å²) in [5.41, 5.74) is 1.97. The summed E-state index contributed by atoms with van der Waals surface area (Å²) in [7, 11) is 0. The number of rotatable bonds is 2. The summed E-state index contributed by atoms with van der Waals surface area (Å²) in [5.74, 6) is 0. The Bertz CT molecular complexity index is 498. The maximum Gasteiger partial charge on any atom is 0.0957 e. The van der Waals surface area contributed by atoms with Gasteiger partial charge in [-0.25, -0.2) is 0 Å². The molecule has 0 spiro atoms. The molecule has 1 fully saturated rings. The number of hydrogen-bond donors (Lipinski definition) is 1. The molecule has 0 aliphatic heterocycles. The van der Waals surface area contributed by atoms with Gasteiger partial charge in [0.15, 0.2) is 0 Å². The molecule has 1 saturated carbocycles. The first-order valence-electron chi connectivity index (χ1n) is 5.97. The lowest BCUT2D eigenvalue weighted by Crippen LogP contribution is -2.06. The van der Waals surface area contributed by atoms with Gasteiger partial charge in [0.2, 0.25) is 0 Å². The zero-order chi connectivity index (χ0) is 11.0. The maximum absolute atomic E-state index is 9.32. The normalized spacial score (nSPS) is 17.3. The molecular formula is C13H16N2O. The molecule has 84 valence electrons. The summed E-state index contributed by atoms with van der Waals surface area (Å²) in [6.45, 7) is 0.0280. The molecule has 3 nitrogen and oxygen atoms in total. The molecule has 0 saturated heterocycles. The van der Waals surface area contributed by atoms with Gasteiger partial charge in [-0.1, -0.05) is 31.0 Å². The van der Waals surface area contributed by atoms with Crippen molar-refractivity contribution in [3.05, 3.63) is 30.0 Å². The summed E-state index contributed by atoms with van der Waals surface area (Å²) in [4.78, 5) is 0. The van der Waals surface area contributed by atoms with E-state index in [1.807, 2.05) is 18.2 Å². The number of nitrogens with zero attached hydrogens (tertiary/aromatic N) is 2. The van der Waals surface area contributed by atoms with Gasteiger partial charge in [-0.05, 0) is 18.9 Å². The monoisotopic (exact) mass is 216 g/mol. The lowest BCUT2D eigenvalue weighted by Gasteiger charge is -2.10. The van der Waals surface area contributed by atoms with Crippen LogP contribution in [0.15, 0.2) is 24.3 Å². The molecule has 0 amide bonds. The van der Waals surface area contributed by atoms with Crippen LogP contribution in [0.4, 0.5) is 0 Å². The Kier molecular flexibility index (Phi) is 2.40. The van der Waals surface area contributed by atoms with E-state index in [9.17, 15) is 5.11 Å². The van der Waals surface area contributed by atoms with Gasteiger partial charge in [0.05, 0.1) is 23.9 Å². The second-order valence-corrected chi connectivity index (χ2v) is 4.50. The predicted molar refractivity (Wildman–Crippen MR) is 63.2 cm³/mol. The Morgan fingerprint density at radius 1 is 1.25 bits per heavy atom. The van der Waals surface area contributed by atoms with Crippen molar-refractivity contribution in [3.8, 4) is 0 Å². The Morgan fingerprint density at radius 3 is 2.75 bits per heavy atom. The average Bonchev–Trinajstić information content (AvgIpc) is 2.95. The lowest BCUT2D eigenvalue weighted by atomic mass is 10.2. The van der Waals surface area contributed by atoms with Gasteiger partial charge in [-0.2, -0.15) is 5.10 Å². The molecule has 1 N–H and O–H groups in total. The van der Waals surface area contributed by atoms with Gasteiger partial charge in [-0.15, -0.1) is 0 Å². The number of aliphatic hydroxyl groups excluding tert-OH is 1. The molecule has 0 radical (unpaired) electrons. The fourth-order valence-corrected chi connectivity index (χ4v) is 2.70. The molecule has 3 heteroatoms. The van der Waals surface area contributed by atoms with Crippen LogP contribution in [0.2, 0.25) is 0 Å². The van der Waals surface area contributed by atoms with E-state index in [1.165, 1.54) is 31.2 Å². The van der Waals surface area contributed by atoms with Crippen LogP contribution in [0.3, 0.4) is 0 Å². The third-order valence-corrected chi connectivity index (χ3v) is 3.51. The Hall–Kier alpha value is -1.35. The SMILES string of the molecule is OCc1nn(C2CCCC2)c2ccccc12. The van der Waals surface area contributed by atoms with Gasteiger partial charge in [-0.3, -0.25) is 4.68 Å². The van der Waals surface area contributed by atoms with Crippen LogP contribution in [0.25, 0.3) is 10.9 Å². The van der Waals surface area contributed by atoms with Crippen LogP contribution in [0.1, 0.15) is 37.4 Å². The van der Waals surface area contributed by atoms with Crippen molar-refractivity contribution in [3.63, 3.8) is 0 Å². The first kappa shape index (κ1) is 9.85. The molecule has 16 heavy (non-hydrogen) atoms. The molecule has 1 aromatic heterocycles. The fourth-order valence-electron chi connectivity index (χ4n) is 2.70. The number of hydrogen-bond acceptors (Lipinski definition) is 2. The summed E-state index contributed by atoms with van der Waals surface area (Å²) in [6.07, 6.45) is 5.04. The van der Waals surface area contributed by atoms with Gasteiger partial charge in [0, 0.05) is 5.39 Å². The van der Waals surface area contributed by atoms with Crippen LogP contribution < -0.4 is 0 Å². The molecule has 0 unspecified atom stereocenters. The molecule has 0 atom stereocenters. The highest BCUT2D eigenvalue weighted by Gasteiger charge is 2.20. The topological polar surface area (TPSA) is 38.1 Å². The average molecular weight is 216 g/mol. The Labute approximate surface area is 94.7 Å². The second-order valence-electron chi connectivity index (χ2n) is 4.50. The maximum atomic E-state index is 9.32. The summed E-state index contributed by atoms with van der Waals surface area (Å²) in [6, 6.07) is 8.71. The lowest BCUT2D eigenvalue weighted by molar-refractivity contribution is 0.275. The van der Waals surface area contributed by atoms with Gasteiger partial charge in [0.25, 0.3) is 0 Å². The number of para-hydroxylation sites is 1. The highest BCUT2D eigenvalue weighted by molar-refractivity contribution is 5.81. The third-order valence-electron chi connectivity index (χ3n) is 3.51. The van der Waals surface area contributed by atoms with Gasteiger partial charge >= 0.3 is 0 Å². The van der Waals surface area contributed by atoms with Crippen molar-refractivity contribution in [2.45, 2.75) is 38.3 Å². The smallest absolute Gasteiger partial charge is 0.0957 e. The Balaban J connectivity index is 2.16. The molecule has 3 rings (SSSR count). The quantitative estimate of drug-likeness (QED) is 0.838. The standard InChI is InChI=1S/C13H16N2O/c16-9-12-11-7-3-4-8-13(11)15(14-12)10-5-1-2-6-10/h3-4,7-8,10,16H,1-2,5-6,9H2. The van der Waals surface area contributed by atoms with E-state index in [4.69, 9.17) is 0 Å². The number of fused-ring (bicyclic) bond motifs is 1. The summed E-state index contributed by atoms with van der Waals surface area (Å²) < 4.78 is 2.12. The minimum absolute atomic E-state index is 0.0280. The summed E-state index contributed by atoms with van der Waals surface area (Å²) >= 11 is 0. The zero-order valence-corrected chi connectivity index (χ0v) is 9.26. The van der Waals surface area contributed by atoms with E-state index < -0.39 is 0 Å². The Morgan fingerprint density at radius 2 is 2.00 bits per heavy atom. The summed E-state index contributed by atoms with van der Waals surface area (Å²) in [5, 5.41) is 15.0. The van der Waals surface area contributed by atoms with Crippen LogP contribution >= 0.6 is 0 Å². The van der Waals surface area contributed by atoms with E-state index >= 15 is 0 Å². The molecule has 2 aromatic rings. The molecule has 1 aliphatic rings. The molecule has 1 aliphatic carbocycles. The van der Waals surface area contributed by atoms with Crippen LogP contribution in [0, 0.1) is 0 Å². The number of aromatic nitrogens is 2. The van der Waals surface area contributed by atoms with Crippen molar-refractivity contribution in [1.82, 2.24) is 9.78 Å². The minimum Gasteiger partial charge on any atom is -0.390 e. The van der Waals surface area contributed by atoms with Crippen molar-refractivity contribution < 1.29 is 5.11 Å². The van der Waals surface area contributed by atoms with E-state index in [-0.39, 0.29) is 6.61 Å². The predicted octanol–water partition coefficient (Wildman–Crippen LogP) is 2.64. The van der Waals surface area contributed by atoms with E-state index in [1.54, 1.807) is 0 Å². The van der Waals surface area contributed by atoms with Crippen molar-refractivity contribution in [1.29, 1.82) is 0 Å². The molecule has 1 heterocycles. The third kappa shape index (κ3) is 1.43. The van der Waals surface area contributed by atoms with E-state index in [0.717, 1.165) is 11.1 Å². The molecule has 0 bridgehead atoms. The van der Waals surface area contributed by atoms with Crippen LogP contribution in [0.5, 0.6) is 0 Å². The number of benzene rings is 1. The van der Waals surface area contributed by atoms with Crippen molar-refractivity contribution >= 4 is 10.9 Å². The largest absolute Gasteiger partial charge is 0.390 e. The van der Waals surface area contributed by atoms with Crippen molar-refractivity contribution in [2.75, 3.05) is 0 Å². The van der Waals surface area contributed by atoms with E-state index in [0.29, 0.717) is 6.04 Å².